The van der Waals surface area contributed by atoms with Gasteiger partial charge in [0.2, 0.25) is 0 Å². The van der Waals surface area contributed by atoms with Gasteiger partial charge < -0.3 is 15.2 Å². The van der Waals surface area contributed by atoms with Crippen molar-refractivity contribution >= 4 is 34.4 Å². The molecule has 1 aliphatic rings. The molecule has 0 saturated carbocycles. The van der Waals surface area contributed by atoms with Crippen molar-refractivity contribution in [1.82, 2.24) is 19.8 Å². The number of H-pyrrole nitrogens is 1. The normalized spacial score (nSPS) is 14.9. The summed E-state index contributed by atoms with van der Waals surface area (Å²) in [5.74, 6) is 0. The number of rotatable bonds is 6. The second-order valence-electron chi connectivity index (χ2n) is 9.61. The highest BCUT2D eigenvalue weighted by Crippen LogP contribution is 2.31. The van der Waals surface area contributed by atoms with Crippen LogP contribution >= 0.6 is 0 Å². The highest BCUT2D eigenvalue weighted by atomic mass is 15.2. The smallest absolute Gasteiger partial charge is 0.103 e. The number of hydrogen-bond donors (Lipinski definition) is 2. The molecule has 182 valence electrons. The number of nitrogens with zero attached hydrogens (tertiary/aromatic N) is 4. The van der Waals surface area contributed by atoms with Crippen LogP contribution in [0.4, 0.5) is 11.4 Å². The third-order valence-electron chi connectivity index (χ3n) is 7.28. The van der Waals surface area contributed by atoms with Gasteiger partial charge in [0, 0.05) is 73.5 Å². The Bertz CT molecular complexity index is 1450. The molecule has 0 amide bonds. The second kappa shape index (κ2) is 10.4. The lowest BCUT2D eigenvalue weighted by Gasteiger charge is -2.32. The predicted octanol–water partition coefficient (Wildman–Crippen LogP) is 5.71. The lowest BCUT2D eigenvalue weighted by Crippen LogP contribution is -2.43. The summed E-state index contributed by atoms with van der Waals surface area (Å²) in [7, 11) is 2.19. The van der Waals surface area contributed by atoms with Crippen LogP contribution in [0.5, 0.6) is 0 Å². The minimum atomic E-state index is 0.520. The molecule has 2 N–H and O–H groups in total. The SMILES string of the molecule is Cc1c(C=Cc2cncc(C#N)c2Nc2ccc3[nH]ccc3c2C)cccc1CN1CCN(C)CC1. The van der Waals surface area contributed by atoms with E-state index in [9.17, 15) is 5.26 Å². The minimum Gasteiger partial charge on any atom is -0.361 e. The Morgan fingerprint density at radius 3 is 2.61 bits per heavy atom. The van der Waals surface area contributed by atoms with Crippen LogP contribution < -0.4 is 5.32 Å². The highest BCUT2D eigenvalue weighted by Gasteiger charge is 2.15. The van der Waals surface area contributed by atoms with E-state index in [1.807, 2.05) is 12.4 Å². The largest absolute Gasteiger partial charge is 0.361 e. The third-order valence-corrected chi connectivity index (χ3v) is 7.28. The molecule has 0 radical (unpaired) electrons. The molecule has 3 heterocycles. The zero-order valence-corrected chi connectivity index (χ0v) is 21.2. The van der Waals surface area contributed by atoms with Gasteiger partial charge in [-0.15, -0.1) is 0 Å². The number of likely N-dealkylation sites (N-methyl/N-ethyl adjacent to an activating group) is 1. The van der Waals surface area contributed by atoms with Gasteiger partial charge in [0.15, 0.2) is 0 Å². The van der Waals surface area contributed by atoms with Crippen molar-refractivity contribution in [2.45, 2.75) is 20.4 Å². The zero-order chi connectivity index (χ0) is 25.1. The topological polar surface area (TPSA) is 71.0 Å². The van der Waals surface area contributed by atoms with E-state index in [2.05, 4.69) is 101 Å². The lowest BCUT2D eigenvalue weighted by atomic mass is 10.00. The quantitative estimate of drug-likeness (QED) is 0.373. The maximum atomic E-state index is 9.80. The van der Waals surface area contributed by atoms with Gasteiger partial charge in [-0.05, 0) is 61.3 Å². The fourth-order valence-electron chi connectivity index (χ4n) is 4.86. The van der Waals surface area contributed by atoms with Gasteiger partial charge in [0.05, 0.1) is 11.3 Å². The first-order valence-electron chi connectivity index (χ1n) is 12.4. The van der Waals surface area contributed by atoms with Gasteiger partial charge >= 0.3 is 0 Å². The monoisotopic (exact) mass is 476 g/mol. The second-order valence-corrected chi connectivity index (χ2v) is 9.61. The van der Waals surface area contributed by atoms with Crippen LogP contribution in [0.3, 0.4) is 0 Å². The maximum Gasteiger partial charge on any atom is 0.103 e. The van der Waals surface area contributed by atoms with E-state index in [1.54, 1.807) is 6.20 Å². The predicted molar refractivity (Wildman–Crippen MR) is 148 cm³/mol. The highest BCUT2D eigenvalue weighted by molar-refractivity contribution is 5.90. The number of fused-ring (bicyclic) bond motifs is 1. The van der Waals surface area contributed by atoms with Crippen LogP contribution in [-0.2, 0) is 6.54 Å². The van der Waals surface area contributed by atoms with Crippen molar-refractivity contribution in [2.24, 2.45) is 0 Å². The first-order valence-corrected chi connectivity index (χ1v) is 12.4. The van der Waals surface area contributed by atoms with Crippen LogP contribution in [0.2, 0.25) is 0 Å². The van der Waals surface area contributed by atoms with Crippen molar-refractivity contribution in [3.05, 3.63) is 88.4 Å². The molecule has 0 atom stereocenters. The summed E-state index contributed by atoms with van der Waals surface area (Å²) >= 11 is 0. The zero-order valence-electron chi connectivity index (χ0n) is 21.2. The van der Waals surface area contributed by atoms with Gasteiger partial charge in [-0.25, -0.2) is 0 Å². The molecule has 0 unspecified atom stereocenters. The van der Waals surface area contributed by atoms with Crippen molar-refractivity contribution in [2.75, 3.05) is 38.5 Å². The van der Waals surface area contributed by atoms with E-state index < -0.39 is 0 Å². The molecule has 6 heteroatoms. The number of aromatic nitrogens is 2. The van der Waals surface area contributed by atoms with Crippen molar-refractivity contribution < 1.29 is 0 Å². The van der Waals surface area contributed by atoms with Gasteiger partial charge in [-0.3, -0.25) is 9.88 Å². The number of piperazine rings is 1. The molecule has 1 fully saturated rings. The summed E-state index contributed by atoms with van der Waals surface area (Å²) in [4.78, 5) is 12.5. The standard InChI is InChI=1S/C30H32N6/c1-21-23(5-4-6-25(21)20-36-15-13-35(3)14-16-36)7-8-24-18-32-19-26(17-31)30(24)34-28-9-10-29-27(22(28)2)11-12-33-29/h4-12,18-19,33H,13-16,20H2,1-3H3,(H,32,34). The molecule has 0 bridgehead atoms. The summed E-state index contributed by atoms with van der Waals surface area (Å²) in [5.41, 5.74) is 9.22. The fraction of sp³-hybridized carbons (Fsp3) is 0.267. The van der Waals surface area contributed by atoms with Crippen LogP contribution in [-0.4, -0.2) is 53.0 Å². The summed E-state index contributed by atoms with van der Waals surface area (Å²) in [5, 5.41) is 14.5. The van der Waals surface area contributed by atoms with E-state index >= 15 is 0 Å². The molecule has 5 rings (SSSR count). The Balaban J connectivity index is 1.43. The molecule has 6 nitrogen and oxygen atoms in total. The van der Waals surface area contributed by atoms with E-state index in [4.69, 9.17) is 0 Å². The van der Waals surface area contributed by atoms with Crippen LogP contribution in [0.25, 0.3) is 23.1 Å². The fourth-order valence-corrected chi connectivity index (χ4v) is 4.86. The number of hydrogen-bond acceptors (Lipinski definition) is 5. The molecular formula is C30H32N6. The van der Waals surface area contributed by atoms with Crippen LogP contribution in [0, 0.1) is 25.2 Å². The van der Waals surface area contributed by atoms with Gasteiger partial charge in [0.25, 0.3) is 0 Å². The molecule has 2 aromatic heterocycles. The van der Waals surface area contributed by atoms with Crippen molar-refractivity contribution in [3.63, 3.8) is 0 Å². The Kier molecular flexibility index (Phi) is 6.86. The summed E-state index contributed by atoms with van der Waals surface area (Å²) in [6, 6.07) is 15.0. The van der Waals surface area contributed by atoms with E-state index in [0.717, 1.165) is 66.1 Å². The Hall–Kier alpha value is -3.92. The first kappa shape index (κ1) is 23.8. The molecular weight excluding hydrogens is 444 g/mol. The molecule has 1 saturated heterocycles. The first-order chi connectivity index (χ1) is 17.5. The number of aryl methyl sites for hydroxylation is 1. The molecule has 2 aromatic carbocycles. The Morgan fingerprint density at radius 1 is 1.00 bits per heavy atom. The summed E-state index contributed by atoms with van der Waals surface area (Å²) < 4.78 is 0. The number of nitrogens with one attached hydrogen (secondary N) is 2. The molecule has 4 aromatic rings. The van der Waals surface area contributed by atoms with Crippen LogP contribution in [0.15, 0.2) is 55.0 Å². The van der Waals surface area contributed by atoms with E-state index in [1.165, 1.54) is 16.7 Å². The van der Waals surface area contributed by atoms with Crippen molar-refractivity contribution in [1.29, 1.82) is 5.26 Å². The van der Waals surface area contributed by atoms with Crippen LogP contribution in [0.1, 0.15) is 33.4 Å². The third kappa shape index (κ3) is 4.90. The number of nitriles is 1. The Morgan fingerprint density at radius 2 is 1.81 bits per heavy atom. The number of pyridine rings is 1. The van der Waals surface area contributed by atoms with Gasteiger partial charge in [-0.2, -0.15) is 5.26 Å². The molecule has 1 aliphatic heterocycles. The number of anilines is 2. The van der Waals surface area contributed by atoms with E-state index in [-0.39, 0.29) is 0 Å². The molecule has 0 aliphatic carbocycles. The maximum absolute atomic E-state index is 9.80. The summed E-state index contributed by atoms with van der Waals surface area (Å²) in [6.07, 6.45) is 9.57. The van der Waals surface area contributed by atoms with Gasteiger partial charge in [-0.1, -0.05) is 30.4 Å². The summed E-state index contributed by atoms with van der Waals surface area (Å²) in [6.45, 7) is 9.71. The lowest BCUT2D eigenvalue weighted by molar-refractivity contribution is 0.148. The van der Waals surface area contributed by atoms with E-state index in [0.29, 0.717) is 5.56 Å². The number of aromatic amines is 1. The molecule has 0 spiro atoms. The average molecular weight is 477 g/mol. The van der Waals surface area contributed by atoms with Gasteiger partial charge in [0.1, 0.15) is 6.07 Å². The number of benzene rings is 2. The molecule has 36 heavy (non-hydrogen) atoms. The minimum absolute atomic E-state index is 0.520. The Labute approximate surface area is 212 Å². The van der Waals surface area contributed by atoms with Crippen molar-refractivity contribution in [3.8, 4) is 6.07 Å². The average Bonchev–Trinajstić information content (AvgIpc) is 3.38.